The molecular weight excluding hydrogens is 258 g/mol. The van der Waals surface area contributed by atoms with Crippen molar-refractivity contribution in [2.45, 2.75) is 11.3 Å². The Hall–Kier alpha value is -0.930. The molecule has 94 valence electrons. The maximum absolute atomic E-state index is 4.33. The van der Waals surface area contributed by atoms with Crippen LogP contribution in [-0.4, -0.2) is 22.2 Å². The van der Waals surface area contributed by atoms with Crippen LogP contribution in [0.3, 0.4) is 0 Å². The highest BCUT2D eigenvalue weighted by Gasteiger charge is 1.95. The number of hydrogen-bond acceptors (Lipinski definition) is 3. The predicted octanol–water partition coefficient (Wildman–Crippen LogP) is 4.15. The van der Waals surface area contributed by atoms with Crippen LogP contribution in [0, 0.1) is 0 Å². The Morgan fingerprint density at radius 1 is 0.833 bits per heavy atom. The van der Waals surface area contributed by atoms with E-state index in [1.54, 1.807) is 0 Å². The van der Waals surface area contributed by atoms with Crippen LogP contribution in [-0.2, 0) is 6.42 Å². The topological polar surface area (TPSA) is 12.9 Å². The Morgan fingerprint density at radius 2 is 1.67 bits per heavy atom. The maximum atomic E-state index is 4.33. The van der Waals surface area contributed by atoms with E-state index in [4.69, 9.17) is 0 Å². The molecule has 0 aliphatic rings. The molecule has 1 aromatic heterocycles. The number of aromatic nitrogens is 1. The molecule has 1 heterocycles. The van der Waals surface area contributed by atoms with Gasteiger partial charge in [-0.2, -0.15) is 11.8 Å². The Morgan fingerprint density at radius 3 is 2.44 bits per heavy atom. The van der Waals surface area contributed by atoms with Gasteiger partial charge in [-0.1, -0.05) is 24.3 Å². The Bertz CT molecular complexity index is 387. The second-order valence-corrected chi connectivity index (χ2v) is 6.24. The average Bonchev–Trinajstić information content (AvgIpc) is 2.45. The van der Waals surface area contributed by atoms with Crippen LogP contribution in [0.2, 0.25) is 0 Å². The van der Waals surface area contributed by atoms with E-state index >= 15 is 0 Å². The van der Waals surface area contributed by atoms with E-state index in [2.05, 4.69) is 47.4 Å². The van der Waals surface area contributed by atoms with Gasteiger partial charge in [-0.05, 0) is 36.4 Å². The van der Waals surface area contributed by atoms with E-state index in [-0.39, 0.29) is 0 Å². The molecular formula is C15H17NS2. The molecule has 1 nitrogen and oxygen atoms in total. The third-order valence-corrected chi connectivity index (χ3v) is 4.73. The van der Waals surface area contributed by atoms with Crippen LogP contribution >= 0.6 is 23.5 Å². The van der Waals surface area contributed by atoms with Crippen molar-refractivity contribution >= 4 is 23.5 Å². The fraction of sp³-hybridized carbons (Fsp3) is 0.267. The second-order valence-electron chi connectivity index (χ2n) is 3.84. The highest BCUT2D eigenvalue weighted by atomic mass is 32.2. The van der Waals surface area contributed by atoms with Gasteiger partial charge >= 0.3 is 0 Å². The van der Waals surface area contributed by atoms with Crippen molar-refractivity contribution in [1.29, 1.82) is 0 Å². The van der Waals surface area contributed by atoms with Gasteiger partial charge in [0.15, 0.2) is 0 Å². The highest BCUT2D eigenvalue weighted by Crippen LogP contribution is 2.18. The summed E-state index contributed by atoms with van der Waals surface area (Å²) in [5.74, 6) is 3.54. The summed E-state index contributed by atoms with van der Waals surface area (Å²) in [6, 6.07) is 16.7. The Balaban J connectivity index is 1.54. The first-order valence-corrected chi connectivity index (χ1v) is 8.25. The van der Waals surface area contributed by atoms with Crippen LogP contribution in [0.25, 0.3) is 0 Å². The SMILES string of the molecule is c1ccc(SCCSCCc2ccccn2)cc1. The number of rotatable bonds is 7. The molecule has 0 aliphatic carbocycles. The maximum Gasteiger partial charge on any atom is 0.0411 e. The summed E-state index contributed by atoms with van der Waals surface area (Å²) >= 11 is 3.94. The molecule has 0 amide bonds. The number of hydrogen-bond donors (Lipinski definition) is 0. The molecule has 0 aliphatic heterocycles. The van der Waals surface area contributed by atoms with E-state index in [9.17, 15) is 0 Å². The van der Waals surface area contributed by atoms with Crippen molar-refractivity contribution in [3.63, 3.8) is 0 Å². The molecule has 2 rings (SSSR count). The first kappa shape index (κ1) is 13.5. The predicted molar refractivity (Wildman–Crippen MR) is 82.4 cm³/mol. The minimum atomic E-state index is 1.07. The largest absolute Gasteiger partial charge is 0.261 e. The van der Waals surface area contributed by atoms with Crippen molar-refractivity contribution < 1.29 is 0 Å². The number of pyridine rings is 1. The number of aryl methyl sites for hydroxylation is 1. The quantitative estimate of drug-likeness (QED) is 0.556. The number of thioether (sulfide) groups is 2. The molecule has 0 atom stereocenters. The van der Waals surface area contributed by atoms with Crippen molar-refractivity contribution in [2.75, 3.05) is 17.3 Å². The van der Waals surface area contributed by atoms with Crippen LogP contribution in [0.5, 0.6) is 0 Å². The highest BCUT2D eigenvalue weighted by molar-refractivity contribution is 8.02. The molecule has 0 unspecified atom stereocenters. The van der Waals surface area contributed by atoms with Crippen molar-refractivity contribution in [2.24, 2.45) is 0 Å². The molecule has 3 heteroatoms. The lowest BCUT2D eigenvalue weighted by Crippen LogP contribution is -1.93. The third kappa shape index (κ3) is 5.15. The fourth-order valence-corrected chi connectivity index (χ4v) is 3.51. The standard InChI is InChI=1S/C15H17NS2/c1-2-7-15(8-3-1)18-13-12-17-11-9-14-6-4-5-10-16-14/h1-8,10H,9,11-13H2. The molecule has 18 heavy (non-hydrogen) atoms. The minimum Gasteiger partial charge on any atom is -0.261 e. The smallest absolute Gasteiger partial charge is 0.0411 e. The second kappa shape index (κ2) is 8.22. The van der Waals surface area contributed by atoms with Gasteiger partial charge in [-0.25, -0.2) is 0 Å². The summed E-state index contributed by atoms with van der Waals surface area (Å²) < 4.78 is 0. The summed E-state index contributed by atoms with van der Waals surface area (Å²) in [7, 11) is 0. The van der Waals surface area contributed by atoms with E-state index < -0.39 is 0 Å². The van der Waals surface area contributed by atoms with Crippen LogP contribution in [0.1, 0.15) is 5.69 Å². The fourth-order valence-electron chi connectivity index (χ4n) is 1.56. The van der Waals surface area contributed by atoms with Crippen LogP contribution < -0.4 is 0 Å². The van der Waals surface area contributed by atoms with Gasteiger partial charge < -0.3 is 0 Å². The zero-order valence-corrected chi connectivity index (χ0v) is 11.9. The summed E-state index contributed by atoms with van der Waals surface area (Å²) in [4.78, 5) is 5.69. The average molecular weight is 275 g/mol. The normalized spacial score (nSPS) is 10.4. The van der Waals surface area contributed by atoms with Crippen molar-refractivity contribution in [3.8, 4) is 0 Å². The third-order valence-electron chi connectivity index (χ3n) is 2.47. The molecule has 0 radical (unpaired) electrons. The van der Waals surface area contributed by atoms with Crippen molar-refractivity contribution in [3.05, 3.63) is 60.4 Å². The lowest BCUT2D eigenvalue weighted by Gasteiger charge is -2.02. The van der Waals surface area contributed by atoms with Crippen LogP contribution in [0.15, 0.2) is 59.6 Å². The van der Waals surface area contributed by atoms with Gasteiger partial charge in [0.05, 0.1) is 0 Å². The van der Waals surface area contributed by atoms with Crippen LogP contribution in [0.4, 0.5) is 0 Å². The van der Waals surface area contributed by atoms with Gasteiger partial charge in [0.25, 0.3) is 0 Å². The monoisotopic (exact) mass is 275 g/mol. The summed E-state index contributed by atoms with van der Waals surface area (Å²) in [6.45, 7) is 0. The Labute approximate surface area is 117 Å². The number of benzene rings is 1. The molecule has 0 saturated heterocycles. The van der Waals surface area contributed by atoms with Gasteiger partial charge in [0.1, 0.15) is 0 Å². The first-order chi connectivity index (χ1) is 8.95. The number of nitrogens with zero attached hydrogens (tertiary/aromatic N) is 1. The zero-order valence-electron chi connectivity index (χ0n) is 10.3. The van der Waals surface area contributed by atoms with E-state index in [1.165, 1.54) is 22.1 Å². The Kier molecular flexibility index (Phi) is 6.17. The van der Waals surface area contributed by atoms with Gasteiger partial charge in [-0.15, -0.1) is 11.8 Å². The lowest BCUT2D eigenvalue weighted by atomic mass is 10.3. The first-order valence-electron chi connectivity index (χ1n) is 6.10. The van der Waals surface area contributed by atoms with Gasteiger partial charge in [-0.3, -0.25) is 4.98 Å². The molecule has 2 aromatic rings. The zero-order chi connectivity index (χ0) is 12.5. The van der Waals surface area contributed by atoms with Crippen molar-refractivity contribution in [1.82, 2.24) is 4.98 Å². The molecule has 0 fully saturated rings. The van der Waals surface area contributed by atoms with E-state index in [1.807, 2.05) is 35.8 Å². The van der Waals surface area contributed by atoms with Gasteiger partial charge in [0, 0.05) is 28.3 Å². The van der Waals surface area contributed by atoms with E-state index in [0.29, 0.717) is 0 Å². The molecule has 1 aromatic carbocycles. The summed E-state index contributed by atoms with van der Waals surface area (Å²) in [5, 5.41) is 0. The van der Waals surface area contributed by atoms with Gasteiger partial charge in [0.2, 0.25) is 0 Å². The molecule has 0 spiro atoms. The lowest BCUT2D eigenvalue weighted by molar-refractivity contribution is 1.05. The van der Waals surface area contributed by atoms with E-state index in [0.717, 1.165) is 12.2 Å². The molecule has 0 N–H and O–H groups in total. The minimum absolute atomic E-state index is 1.07. The summed E-state index contributed by atoms with van der Waals surface area (Å²) in [6.07, 6.45) is 2.94. The molecule has 0 saturated carbocycles. The molecule has 0 bridgehead atoms. The summed E-state index contributed by atoms with van der Waals surface area (Å²) in [5.41, 5.74) is 1.20.